The van der Waals surface area contributed by atoms with Gasteiger partial charge in [0.15, 0.2) is 16.6 Å². The summed E-state index contributed by atoms with van der Waals surface area (Å²) in [5.41, 5.74) is 3.17. The highest BCUT2D eigenvalue weighted by Gasteiger charge is 2.21. The van der Waals surface area contributed by atoms with E-state index in [0.717, 1.165) is 6.42 Å². The molecule has 1 aromatic rings. The van der Waals surface area contributed by atoms with Crippen molar-refractivity contribution in [2.75, 3.05) is 0 Å². The van der Waals surface area contributed by atoms with E-state index in [4.69, 9.17) is 12.2 Å². The number of nitrogens with one attached hydrogen (secondary N) is 2. The Bertz CT molecular complexity index is 534. The second-order valence-corrected chi connectivity index (χ2v) is 5.83. The Balaban J connectivity index is 1.86. The third-order valence-electron chi connectivity index (χ3n) is 3.84. The summed E-state index contributed by atoms with van der Waals surface area (Å²) in [6, 6.07) is 5.09. The number of thiocarbonyl (C=S) groups is 1. The van der Waals surface area contributed by atoms with Crippen LogP contribution in [0.1, 0.15) is 38.2 Å². The number of benzene rings is 1. The minimum atomic E-state index is -0.192. The maximum absolute atomic E-state index is 9.64. The van der Waals surface area contributed by atoms with Crippen LogP contribution in [0.15, 0.2) is 23.3 Å². The van der Waals surface area contributed by atoms with Gasteiger partial charge in [-0.3, -0.25) is 5.43 Å². The number of rotatable bonds is 3. The Morgan fingerprint density at radius 1 is 1.33 bits per heavy atom. The monoisotopic (exact) mass is 307 g/mol. The van der Waals surface area contributed by atoms with Crippen molar-refractivity contribution < 1.29 is 10.2 Å². The molecule has 0 aliphatic heterocycles. The fourth-order valence-electron chi connectivity index (χ4n) is 2.54. The molecule has 0 radical (unpaired) electrons. The lowest BCUT2D eigenvalue weighted by atomic mass is 9.86. The number of hydrazone groups is 1. The van der Waals surface area contributed by atoms with E-state index in [1.165, 1.54) is 31.5 Å². The Labute approximate surface area is 130 Å². The lowest BCUT2D eigenvalue weighted by Crippen LogP contribution is -2.44. The number of hydrogen-bond donors (Lipinski definition) is 4. The Hall–Kier alpha value is -1.82. The summed E-state index contributed by atoms with van der Waals surface area (Å²) in [5.74, 6) is 0.246. The van der Waals surface area contributed by atoms with Crippen molar-refractivity contribution in [3.63, 3.8) is 0 Å². The Morgan fingerprint density at radius 2 is 2.10 bits per heavy atom. The van der Waals surface area contributed by atoms with E-state index in [1.54, 1.807) is 12.1 Å². The zero-order valence-electron chi connectivity index (χ0n) is 12.0. The number of phenolic OH excluding ortho intramolecular Hbond substituents is 2. The van der Waals surface area contributed by atoms with Crippen molar-refractivity contribution in [2.24, 2.45) is 11.0 Å². The third kappa shape index (κ3) is 4.32. The number of hydrogen-bond acceptors (Lipinski definition) is 4. The molecule has 1 aromatic carbocycles. The third-order valence-corrected chi connectivity index (χ3v) is 4.05. The number of para-hydroxylation sites is 1. The van der Waals surface area contributed by atoms with E-state index in [2.05, 4.69) is 22.8 Å². The normalized spacial score (nSPS) is 22.1. The fourth-order valence-corrected chi connectivity index (χ4v) is 2.75. The SMILES string of the molecule is C[C@@H]1CCCC[C@H]1NC(=S)N/N=C/c1cccc(O)c1O. The molecule has 2 rings (SSSR count). The molecule has 1 aliphatic carbocycles. The van der Waals surface area contributed by atoms with Crippen molar-refractivity contribution >= 4 is 23.5 Å². The highest BCUT2D eigenvalue weighted by Crippen LogP contribution is 2.26. The molecule has 1 aliphatic rings. The molecule has 0 bridgehead atoms. The van der Waals surface area contributed by atoms with Gasteiger partial charge in [0.25, 0.3) is 0 Å². The van der Waals surface area contributed by atoms with Crippen LogP contribution in [-0.2, 0) is 0 Å². The van der Waals surface area contributed by atoms with Crippen LogP contribution in [0, 0.1) is 5.92 Å². The van der Waals surface area contributed by atoms with Crippen LogP contribution in [0.4, 0.5) is 0 Å². The highest BCUT2D eigenvalue weighted by molar-refractivity contribution is 7.80. The summed E-state index contributed by atoms with van der Waals surface area (Å²) in [5, 5.41) is 26.8. The maximum Gasteiger partial charge on any atom is 0.187 e. The molecule has 1 fully saturated rings. The molecule has 0 amide bonds. The molecule has 1 saturated carbocycles. The van der Waals surface area contributed by atoms with Gasteiger partial charge in [-0.05, 0) is 43.1 Å². The molecular formula is C15H21N3O2S. The van der Waals surface area contributed by atoms with E-state index >= 15 is 0 Å². The van der Waals surface area contributed by atoms with E-state index < -0.39 is 0 Å². The number of phenols is 2. The molecule has 2 atom stereocenters. The van der Waals surface area contributed by atoms with Gasteiger partial charge in [0.2, 0.25) is 0 Å². The van der Waals surface area contributed by atoms with Gasteiger partial charge < -0.3 is 15.5 Å². The van der Waals surface area contributed by atoms with Crippen LogP contribution >= 0.6 is 12.2 Å². The molecule has 0 aromatic heterocycles. The summed E-state index contributed by atoms with van der Waals surface area (Å²) in [7, 11) is 0. The van der Waals surface area contributed by atoms with E-state index in [1.807, 2.05) is 0 Å². The molecule has 0 saturated heterocycles. The predicted molar refractivity (Wildman–Crippen MR) is 87.7 cm³/mol. The largest absolute Gasteiger partial charge is 0.504 e. The van der Waals surface area contributed by atoms with E-state index in [9.17, 15) is 10.2 Å². The summed E-state index contributed by atoms with van der Waals surface area (Å²) in [4.78, 5) is 0. The Morgan fingerprint density at radius 3 is 2.86 bits per heavy atom. The average molecular weight is 307 g/mol. The summed E-state index contributed by atoms with van der Waals surface area (Å²) in [6.07, 6.45) is 6.29. The van der Waals surface area contributed by atoms with Gasteiger partial charge in [-0.1, -0.05) is 25.8 Å². The van der Waals surface area contributed by atoms with Crippen LogP contribution in [0.5, 0.6) is 11.5 Å². The molecule has 0 unspecified atom stereocenters. The zero-order chi connectivity index (χ0) is 15.2. The van der Waals surface area contributed by atoms with E-state index in [-0.39, 0.29) is 11.5 Å². The first-order valence-electron chi connectivity index (χ1n) is 7.18. The van der Waals surface area contributed by atoms with Crippen LogP contribution in [0.2, 0.25) is 0 Å². The molecule has 0 spiro atoms. The first-order chi connectivity index (χ1) is 10.1. The van der Waals surface area contributed by atoms with Crippen LogP contribution in [0.3, 0.4) is 0 Å². The highest BCUT2D eigenvalue weighted by atomic mass is 32.1. The molecule has 21 heavy (non-hydrogen) atoms. The smallest absolute Gasteiger partial charge is 0.187 e. The van der Waals surface area contributed by atoms with Crippen molar-refractivity contribution in [3.8, 4) is 11.5 Å². The fraction of sp³-hybridized carbons (Fsp3) is 0.467. The maximum atomic E-state index is 9.64. The predicted octanol–water partition coefficient (Wildman–Crippen LogP) is 2.47. The quantitative estimate of drug-likeness (QED) is 0.299. The van der Waals surface area contributed by atoms with Gasteiger partial charge in [-0.25, -0.2) is 0 Å². The second kappa shape index (κ2) is 7.26. The van der Waals surface area contributed by atoms with Gasteiger partial charge in [0, 0.05) is 11.6 Å². The number of aromatic hydroxyl groups is 2. The van der Waals surface area contributed by atoms with Crippen molar-refractivity contribution in [1.82, 2.24) is 10.7 Å². The minimum absolute atomic E-state index is 0.171. The molecule has 4 N–H and O–H groups in total. The molecular weight excluding hydrogens is 286 g/mol. The van der Waals surface area contributed by atoms with Crippen molar-refractivity contribution in [1.29, 1.82) is 0 Å². The van der Waals surface area contributed by atoms with Crippen LogP contribution in [-0.4, -0.2) is 27.6 Å². The summed E-state index contributed by atoms with van der Waals surface area (Å²) in [6.45, 7) is 2.23. The van der Waals surface area contributed by atoms with Crippen molar-refractivity contribution in [3.05, 3.63) is 23.8 Å². The zero-order valence-corrected chi connectivity index (χ0v) is 12.9. The minimum Gasteiger partial charge on any atom is -0.504 e. The van der Waals surface area contributed by atoms with Gasteiger partial charge in [0.1, 0.15) is 0 Å². The lowest BCUT2D eigenvalue weighted by molar-refractivity contribution is 0.308. The number of nitrogens with zero attached hydrogens (tertiary/aromatic N) is 1. The second-order valence-electron chi connectivity index (χ2n) is 5.43. The first kappa shape index (κ1) is 15.6. The van der Waals surface area contributed by atoms with Gasteiger partial charge in [-0.15, -0.1) is 0 Å². The summed E-state index contributed by atoms with van der Waals surface area (Å²) >= 11 is 5.21. The first-order valence-corrected chi connectivity index (χ1v) is 7.59. The van der Waals surface area contributed by atoms with Gasteiger partial charge in [0.05, 0.1) is 6.21 Å². The topological polar surface area (TPSA) is 76.9 Å². The Kier molecular flexibility index (Phi) is 5.38. The molecule has 5 nitrogen and oxygen atoms in total. The van der Waals surface area contributed by atoms with E-state index in [0.29, 0.717) is 22.6 Å². The van der Waals surface area contributed by atoms with Crippen molar-refractivity contribution in [2.45, 2.75) is 38.6 Å². The summed E-state index contributed by atoms with van der Waals surface area (Å²) < 4.78 is 0. The van der Waals surface area contributed by atoms with Crippen LogP contribution in [0.25, 0.3) is 0 Å². The molecule has 114 valence electrons. The van der Waals surface area contributed by atoms with Crippen LogP contribution < -0.4 is 10.7 Å². The standard InChI is InChI=1S/C15H21N3O2S/c1-10-5-2-3-7-12(10)17-15(21)18-16-9-11-6-4-8-13(19)14(11)20/h4,6,8-10,12,19-20H,2-3,5,7H2,1H3,(H2,17,18,21)/b16-9+/t10-,12-/m1/s1. The molecule has 6 heteroatoms. The average Bonchev–Trinajstić information content (AvgIpc) is 2.46. The lowest BCUT2D eigenvalue weighted by Gasteiger charge is -2.30. The van der Waals surface area contributed by atoms with Gasteiger partial charge >= 0.3 is 0 Å². The molecule has 0 heterocycles. The van der Waals surface area contributed by atoms with Gasteiger partial charge in [-0.2, -0.15) is 5.10 Å².